The zero-order valence-corrected chi connectivity index (χ0v) is 10.3. The quantitative estimate of drug-likeness (QED) is 0.829. The topological polar surface area (TPSA) is 42.2 Å². The van der Waals surface area contributed by atoms with E-state index in [1.807, 2.05) is 38.2 Å². The summed E-state index contributed by atoms with van der Waals surface area (Å²) in [5.41, 5.74) is 8.86. The molecule has 0 saturated heterocycles. The molecule has 1 aromatic carbocycles. The summed E-state index contributed by atoms with van der Waals surface area (Å²) in [4.78, 5) is 6.56. The van der Waals surface area contributed by atoms with Gasteiger partial charge in [0.2, 0.25) is 0 Å². The van der Waals surface area contributed by atoms with Gasteiger partial charge in [0, 0.05) is 12.4 Å². The molecule has 0 fully saturated rings. The van der Waals surface area contributed by atoms with Crippen molar-refractivity contribution >= 4 is 22.7 Å². The van der Waals surface area contributed by atoms with Gasteiger partial charge in [-0.1, -0.05) is 12.1 Å². The van der Waals surface area contributed by atoms with Crippen LogP contribution in [0.3, 0.4) is 0 Å². The highest BCUT2D eigenvalue weighted by Gasteiger charge is 2.06. The predicted octanol–water partition coefficient (Wildman–Crippen LogP) is 2.67. The minimum Gasteiger partial charge on any atom is -0.397 e. The lowest BCUT2D eigenvalue weighted by molar-refractivity contribution is 0.892. The molecule has 0 aliphatic rings. The van der Waals surface area contributed by atoms with Crippen LogP contribution in [0.25, 0.3) is 0 Å². The number of anilines is 2. The lowest BCUT2D eigenvalue weighted by Crippen LogP contribution is -2.17. The van der Waals surface area contributed by atoms with Crippen molar-refractivity contribution in [2.75, 3.05) is 17.7 Å². The first-order chi connectivity index (χ1) is 7.66. The summed E-state index contributed by atoms with van der Waals surface area (Å²) in [7, 11) is 2.03. The van der Waals surface area contributed by atoms with Crippen LogP contribution in [0.1, 0.15) is 10.7 Å². The Balaban J connectivity index is 2.14. The molecule has 0 saturated carbocycles. The van der Waals surface area contributed by atoms with Crippen molar-refractivity contribution < 1.29 is 0 Å². The molecule has 0 aliphatic carbocycles. The molecule has 0 spiro atoms. The third-order valence-corrected chi connectivity index (χ3v) is 3.24. The lowest BCUT2D eigenvalue weighted by atomic mass is 10.2. The van der Waals surface area contributed by atoms with Crippen molar-refractivity contribution in [2.45, 2.75) is 13.5 Å². The fourth-order valence-electron chi connectivity index (χ4n) is 1.64. The van der Waals surface area contributed by atoms with Gasteiger partial charge in [0.25, 0.3) is 0 Å². The SMILES string of the molecule is Cc1nc(CN(C)c2ccccc2N)cs1. The van der Waals surface area contributed by atoms with Gasteiger partial charge in [-0.3, -0.25) is 0 Å². The van der Waals surface area contributed by atoms with Crippen molar-refractivity contribution in [3.05, 3.63) is 40.3 Å². The van der Waals surface area contributed by atoms with E-state index in [-0.39, 0.29) is 0 Å². The van der Waals surface area contributed by atoms with Crippen LogP contribution in [0.2, 0.25) is 0 Å². The van der Waals surface area contributed by atoms with E-state index in [0.717, 1.165) is 28.6 Å². The summed E-state index contributed by atoms with van der Waals surface area (Å²) in [6.45, 7) is 2.81. The molecule has 2 rings (SSSR count). The Morgan fingerprint density at radius 1 is 1.38 bits per heavy atom. The fraction of sp³-hybridized carbons (Fsp3) is 0.250. The average Bonchev–Trinajstić information content (AvgIpc) is 2.64. The molecule has 84 valence electrons. The summed E-state index contributed by atoms with van der Waals surface area (Å²) >= 11 is 1.68. The van der Waals surface area contributed by atoms with Crippen LogP contribution in [0.5, 0.6) is 0 Å². The van der Waals surface area contributed by atoms with Gasteiger partial charge in [-0.05, 0) is 19.1 Å². The van der Waals surface area contributed by atoms with Crippen LogP contribution in [0.15, 0.2) is 29.6 Å². The molecule has 0 radical (unpaired) electrons. The molecule has 2 aromatic rings. The number of aryl methyl sites for hydroxylation is 1. The summed E-state index contributed by atoms with van der Waals surface area (Å²) in [5, 5.41) is 3.19. The average molecular weight is 233 g/mol. The Hall–Kier alpha value is -1.55. The second-order valence-electron chi connectivity index (χ2n) is 3.77. The molecule has 3 nitrogen and oxygen atoms in total. The van der Waals surface area contributed by atoms with Crippen molar-refractivity contribution in [2.24, 2.45) is 0 Å². The van der Waals surface area contributed by atoms with Crippen LogP contribution in [0.4, 0.5) is 11.4 Å². The van der Waals surface area contributed by atoms with E-state index < -0.39 is 0 Å². The first kappa shape index (κ1) is 11.0. The van der Waals surface area contributed by atoms with Gasteiger partial charge >= 0.3 is 0 Å². The maximum Gasteiger partial charge on any atom is 0.0898 e. The molecular formula is C12H15N3S. The summed E-state index contributed by atoms with van der Waals surface area (Å²) in [5.74, 6) is 0. The normalized spacial score (nSPS) is 10.4. The number of thiazole rings is 1. The van der Waals surface area contributed by atoms with E-state index >= 15 is 0 Å². The van der Waals surface area contributed by atoms with Crippen molar-refractivity contribution in [3.8, 4) is 0 Å². The van der Waals surface area contributed by atoms with E-state index in [1.165, 1.54) is 0 Å². The number of rotatable bonds is 3. The molecule has 1 aromatic heterocycles. The maximum atomic E-state index is 5.92. The van der Waals surface area contributed by atoms with Crippen LogP contribution in [-0.2, 0) is 6.54 Å². The number of nitrogens with zero attached hydrogens (tertiary/aromatic N) is 2. The highest BCUT2D eigenvalue weighted by Crippen LogP contribution is 2.22. The van der Waals surface area contributed by atoms with Crippen LogP contribution in [0, 0.1) is 6.92 Å². The minimum atomic E-state index is 0.790. The molecule has 2 N–H and O–H groups in total. The number of benzene rings is 1. The van der Waals surface area contributed by atoms with Crippen molar-refractivity contribution in [3.63, 3.8) is 0 Å². The molecule has 0 unspecified atom stereocenters. The Labute approximate surface area is 99.5 Å². The third kappa shape index (κ3) is 2.33. The summed E-state index contributed by atoms with van der Waals surface area (Å²) in [6, 6.07) is 7.88. The highest BCUT2D eigenvalue weighted by atomic mass is 32.1. The first-order valence-corrected chi connectivity index (χ1v) is 6.01. The number of aromatic nitrogens is 1. The predicted molar refractivity (Wildman–Crippen MR) is 69.8 cm³/mol. The molecule has 0 atom stereocenters. The minimum absolute atomic E-state index is 0.790. The molecular weight excluding hydrogens is 218 g/mol. The van der Waals surface area contributed by atoms with E-state index in [0.29, 0.717) is 0 Å². The Bertz CT molecular complexity index is 479. The van der Waals surface area contributed by atoms with E-state index in [1.54, 1.807) is 11.3 Å². The molecule has 0 amide bonds. The standard InChI is InChI=1S/C12H15N3S/c1-9-14-10(8-16-9)7-15(2)12-6-4-3-5-11(12)13/h3-6,8H,7,13H2,1-2H3. The molecule has 0 bridgehead atoms. The van der Waals surface area contributed by atoms with Gasteiger partial charge in [-0.25, -0.2) is 4.98 Å². The Morgan fingerprint density at radius 2 is 2.12 bits per heavy atom. The maximum absolute atomic E-state index is 5.92. The largest absolute Gasteiger partial charge is 0.397 e. The Kier molecular flexibility index (Phi) is 3.10. The first-order valence-electron chi connectivity index (χ1n) is 5.13. The van der Waals surface area contributed by atoms with Gasteiger partial charge in [-0.15, -0.1) is 11.3 Å². The second kappa shape index (κ2) is 4.53. The highest BCUT2D eigenvalue weighted by molar-refractivity contribution is 7.09. The molecule has 4 heteroatoms. The monoisotopic (exact) mass is 233 g/mol. The van der Waals surface area contributed by atoms with Gasteiger partial charge in [0.15, 0.2) is 0 Å². The van der Waals surface area contributed by atoms with Crippen LogP contribution >= 0.6 is 11.3 Å². The van der Waals surface area contributed by atoms with E-state index in [4.69, 9.17) is 5.73 Å². The smallest absolute Gasteiger partial charge is 0.0898 e. The van der Waals surface area contributed by atoms with Gasteiger partial charge in [0.1, 0.15) is 0 Å². The van der Waals surface area contributed by atoms with E-state index in [9.17, 15) is 0 Å². The second-order valence-corrected chi connectivity index (χ2v) is 4.83. The molecule has 0 aliphatic heterocycles. The zero-order valence-electron chi connectivity index (χ0n) is 9.47. The van der Waals surface area contributed by atoms with Crippen molar-refractivity contribution in [1.82, 2.24) is 4.98 Å². The molecule has 1 heterocycles. The Morgan fingerprint density at radius 3 is 2.75 bits per heavy atom. The summed E-state index contributed by atoms with van der Waals surface area (Å²) in [6.07, 6.45) is 0. The zero-order chi connectivity index (χ0) is 11.5. The van der Waals surface area contributed by atoms with Gasteiger partial charge in [0.05, 0.1) is 28.6 Å². The van der Waals surface area contributed by atoms with E-state index in [2.05, 4.69) is 15.3 Å². The number of hydrogen-bond donors (Lipinski definition) is 1. The third-order valence-electron chi connectivity index (χ3n) is 2.41. The van der Waals surface area contributed by atoms with Gasteiger partial charge < -0.3 is 10.6 Å². The molecule has 16 heavy (non-hydrogen) atoms. The number of nitrogen functional groups attached to an aromatic ring is 1. The van der Waals surface area contributed by atoms with Crippen LogP contribution in [-0.4, -0.2) is 12.0 Å². The number of para-hydroxylation sites is 2. The fourth-order valence-corrected chi connectivity index (χ4v) is 2.25. The summed E-state index contributed by atoms with van der Waals surface area (Å²) < 4.78 is 0. The lowest BCUT2D eigenvalue weighted by Gasteiger charge is -2.19. The van der Waals surface area contributed by atoms with Crippen LogP contribution < -0.4 is 10.6 Å². The van der Waals surface area contributed by atoms with Gasteiger partial charge in [-0.2, -0.15) is 0 Å². The number of hydrogen-bond acceptors (Lipinski definition) is 4. The number of nitrogens with two attached hydrogens (primary N) is 1. The van der Waals surface area contributed by atoms with Crippen molar-refractivity contribution in [1.29, 1.82) is 0 Å².